The molecular weight excluding hydrogens is 362 g/mol. The summed E-state index contributed by atoms with van der Waals surface area (Å²) in [7, 11) is 5.10. The summed E-state index contributed by atoms with van der Waals surface area (Å²) in [6.45, 7) is 4.21. The van der Waals surface area contributed by atoms with Crippen LogP contribution in [0.4, 0.5) is 4.79 Å². The van der Waals surface area contributed by atoms with Gasteiger partial charge in [0.2, 0.25) is 5.91 Å². The fourth-order valence-electron chi connectivity index (χ4n) is 3.36. The average Bonchev–Trinajstić information content (AvgIpc) is 2.68. The molecular formula is C20H31N3O5. The number of likely N-dealkylation sites (N-methyl/N-ethyl adjacent to an activating group) is 1. The number of piperidine rings is 1. The predicted molar refractivity (Wildman–Crippen MR) is 106 cm³/mol. The Labute approximate surface area is 166 Å². The molecule has 28 heavy (non-hydrogen) atoms. The minimum atomic E-state index is -0.278. The van der Waals surface area contributed by atoms with Gasteiger partial charge in [0.25, 0.3) is 0 Å². The van der Waals surface area contributed by atoms with Crippen LogP contribution >= 0.6 is 0 Å². The van der Waals surface area contributed by atoms with Crippen LogP contribution in [-0.4, -0.2) is 75.4 Å². The van der Waals surface area contributed by atoms with Gasteiger partial charge in [-0.15, -0.1) is 0 Å². The van der Waals surface area contributed by atoms with Crippen LogP contribution in [-0.2, 0) is 16.1 Å². The highest BCUT2D eigenvalue weighted by Gasteiger charge is 2.24. The molecule has 0 radical (unpaired) electrons. The number of ether oxygens (including phenoxy) is 3. The Kier molecular flexibility index (Phi) is 8.38. The Balaban J connectivity index is 1.80. The summed E-state index contributed by atoms with van der Waals surface area (Å²) in [5.41, 5.74) is 0.958. The predicted octanol–water partition coefficient (Wildman–Crippen LogP) is 1.87. The zero-order valence-corrected chi connectivity index (χ0v) is 17.2. The number of carbonyl (C=O) groups is 2. The van der Waals surface area contributed by atoms with E-state index in [-0.39, 0.29) is 24.6 Å². The number of amides is 2. The Morgan fingerprint density at radius 3 is 2.54 bits per heavy atom. The van der Waals surface area contributed by atoms with Crippen molar-refractivity contribution in [1.29, 1.82) is 0 Å². The summed E-state index contributed by atoms with van der Waals surface area (Å²) < 4.78 is 15.8. The molecule has 0 aliphatic carbocycles. The number of rotatable bonds is 8. The fourth-order valence-corrected chi connectivity index (χ4v) is 3.36. The van der Waals surface area contributed by atoms with Crippen molar-refractivity contribution < 1.29 is 23.8 Å². The van der Waals surface area contributed by atoms with Crippen molar-refractivity contribution in [2.75, 3.05) is 47.5 Å². The maximum atomic E-state index is 12.4. The average molecular weight is 393 g/mol. The van der Waals surface area contributed by atoms with Gasteiger partial charge in [0, 0.05) is 31.2 Å². The van der Waals surface area contributed by atoms with Gasteiger partial charge < -0.3 is 24.4 Å². The quantitative estimate of drug-likeness (QED) is 0.726. The van der Waals surface area contributed by atoms with Crippen LogP contribution < -0.4 is 14.8 Å². The molecule has 0 spiro atoms. The van der Waals surface area contributed by atoms with Gasteiger partial charge in [-0.1, -0.05) is 12.1 Å². The maximum Gasteiger partial charge on any atom is 0.409 e. The number of hydrogen-bond donors (Lipinski definition) is 1. The lowest BCUT2D eigenvalue weighted by Crippen LogP contribution is -2.48. The lowest BCUT2D eigenvalue weighted by molar-refractivity contribution is -0.123. The Hall–Kier alpha value is -2.48. The van der Waals surface area contributed by atoms with Crippen LogP contribution in [0.1, 0.15) is 25.3 Å². The van der Waals surface area contributed by atoms with Crippen molar-refractivity contribution in [1.82, 2.24) is 15.1 Å². The molecule has 0 saturated carbocycles. The largest absolute Gasteiger partial charge is 0.493 e. The fraction of sp³-hybridized carbons (Fsp3) is 0.600. The van der Waals surface area contributed by atoms with E-state index in [1.165, 1.54) is 0 Å². The molecule has 8 nitrogen and oxygen atoms in total. The normalized spacial score (nSPS) is 14.7. The van der Waals surface area contributed by atoms with E-state index in [1.807, 2.05) is 30.1 Å². The molecule has 1 fully saturated rings. The first-order valence-corrected chi connectivity index (χ1v) is 9.57. The zero-order valence-electron chi connectivity index (χ0n) is 17.2. The third kappa shape index (κ3) is 6.02. The van der Waals surface area contributed by atoms with Crippen molar-refractivity contribution in [3.05, 3.63) is 23.8 Å². The highest BCUT2D eigenvalue weighted by Crippen LogP contribution is 2.31. The first-order chi connectivity index (χ1) is 13.5. The zero-order chi connectivity index (χ0) is 20.5. The lowest BCUT2D eigenvalue weighted by Gasteiger charge is -2.32. The third-order valence-electron chi connectivity index (χ3n) is 4.72. The number of benzene rings is 1. The molecule has 2 rings (SSSR count). The maximum absolute atomic E-state index is 12.4. The molecule has 1 saturated heterocycles. The number of nitrogens with one attached hydrogen (secondary N) is 1. The van der Waals surface area contributed by atoms with Crippen molar-refractivity contribution in [2.45, 2.75) is 32.4 Å². The van der Waals surface area contributed by atoms with Crippen LogP contribution in [0.3, 0.4) is 0 Å². The van der Waals surface area contributed by atoms with E-state index in [2.05, 4.69) is 5.32 Å². The second-order valence-corrected chi connectivity index (χ2v) is 6.85. The second kappa shape index (κ2) is 10.8. The summed E-state index contributed by atoms with van der Waals surface area (Å²) in [5.74, 6) is 1.33. The van der Waals surface area contributed by atoms with E-state index in [4.69, 9.17) is 14.2 Å². The number of nitrogens with zero attached hydrogens (tertiary/aromatic N) is 2. The smallest absolute Gasteiger partial charge is 0.409 e. The van der Waals surface area contributed by atoms with Crippen molar-refractivity contribution in [2.24, 2.45) is 0 Å². The van der Waals surface area contributed by atoms with E-state index in [0.29, 0.717) is 37.7 Å². The van der Waals surface area contributed by atoms with Gasteiger partial charge in [0.05, 0.1) is 27.4 Å². The molecule has 0 aromatic heterocycles. The number of likely N-dealkylation sites (tertiary alicyclic amines) is 1. The molecule has 1 aromatic carbocycles. The molecule has 1 N–H and O–H groups in total. The van der Waals surface area contributed by atoms with Gasteiger partial charge >= 0.3 is 6.09 Å². The van der Waals surface area contributed by atoms with E-state index < -0.39 is 0 Å². The molecule has 156 valence electrons. The number of hydrogen-bond acceptors (Lipinski definition) is 6. The summed E-state index contributed by atoms with van der Waals surface area (Å²) in [5, 5.41) is 3.06. The Morgan fingerprint density at radius 1 is 1.21 bits per heavy atom. The summed E-state index contributed by atoms with van der Waals surface area (Å²) in [4.78, 5) is 27.7. The van der Waals surface area contributed by atoms with Gasteiger partial charge in [-0.3, -0.25) is 9.69 Å². The summed E-state index contributed by atoms with van der Waals surface area (Å²) in [6.07, 6.45) is 1.19. The molecule has 0 bridgehead atoms. The van der Waals surface area contributed by atoms with Crippen LogP contribution in [0.2, 0.25) is 0 Å². The van der Waals surface area contributed by atoms with Crippen LogP contribution in [0.5, 0.6) is 11.5 Å². The Bertz CT molecular complexity index is 659. The highest BCUT2D eigenvalue weighted by atomic mass is 16.6. The SMILES string of the molecule is CCOC(=O)N1CCC(NC(=O)CN(C)Cc2cccc(OC)c2OC)CC1. The van der Waals surface area contributed by atoms with Crippen molar-refractivity contribution >= 4 is 12.0 Å². The number of carbonyl (C=O) groups excluding carboxylic acids is 2. The van der Waals surface area contributed by atoms with E-state index >= 15 is 0 Å². The molecule has 1 heterocycles. The molecule has 8 heteroatoms. The van der Waals surface area contributed by atoms with E-state index in [1.54, 1.807) is 26.0 Å². The van der Waals surface area contributed by atoms with Crippen LogP contribution in [0.15, 0.2) is 18.2 Å². The molecule has 1 aliphatic heterocycles. The monoisotopic (exact) mass is 393 g/mol. The van der Waals surface area contributed by atoms with E-state index in [9.17, 15) is 9.59 Å². The topological polar surface area (TPSA) is 80.3 Å². The second-order valence-electron chi connectivity index (χ2n) is 6.85. The van der Waals surface area contributed by atoms with Gasteiger partial charge in [0.15, 0.2) is 11.5 Å². The lowest BCUT2D eigenvalue weighted by atomic mass is 10.1. The minimum absolute atomic E-state index is 0.0288. The minimum Gasteiger partial charge on any atom is -0.493 e. The highest BCUT2D eigenvalue weighted by molar-refractivity contribution is 5.78. The Morgan fingerprint density at radius 2 is 1.93 bits per heavy atom. The molecule has 1 aromatic rings. The van der Waals surface area contributed by atoms with Crippen LogP contribution in [0, 0.1) is 0 Å². The standard InChI is InChI=1S/C20H31N3O5/c1-5-28-20(25)23-11-9-16(10-12-23)21-18(24)14-22(2)13-15-7-6-8-17(26-3)19(15)27-4/h6-8,16H,5,9-14H2,1-4H3,(H,21,24). The molecule has 2 amide bonds. The van der Waals surface area contributed by atoms with Gasteiger partial charge in [0.1, 0.15) is 0 Å². The number of para-hydroxylation sites is 1. The van der Waals surface area contributed by atoms with Crippen molar-refractivity contribution in [3.8, 4) is 11.5 Å². The summed E-state index contributed by atoms with van der Waals surface area (Å²) >= 11 is 0. The third-order valence-corrected chi connectivity index (χ3v) is 4.72. The van der Waals surface area contributed by atoms with Gasteiger partial charge in [-0.2, -0.15) is 0 Å². The first kappa shape index (κ1) is 21.8. The van der Waals surface area contributed by atoms with Gasteiger partial charge in [-0.05, 0) is 32.9 Å². The molecule has 0 atom stereocenters. The first-order valence-electron chi connectivity index (χ1n) is 9.57. The summed E-state index contributed by atoms with van der Waals surface area (Å²) in [6, 6.07) is 5.79. The number of methoxy groups -OCH3 is 2. The van der Waals surface area contributed by atoms with Crippen LogP contribution in [0.25, 0.3) is 0 Å². The molecule has 1 aliphatic rings. The van der Waals surface area contributed by atoms with Crippen molar-refractivity contribution in [3.63, 3.8) is 0 Å². The van der Waals surface area contributed by atoms with E-state index in [0.717, 1.165) is 18.4 Å². The molecule has 0 unspecified atom stereocenters. The van der Waals surface area contributed by atoms with Gasteiger partial charge in [-0.25, -0.2) is 4.79 Å².